The zero-order valence-corrected chi connectivity index (χ0v) is 29.4. The molecule has 11 nitrogen and oxygen atoms in total. The number of hydrogen-bond acceptors (Lipinski definition) is 10. The number of halogens is 2. The van der Waals surface area contributed by atoms with Gasteiger partial charge in [0.05, 0.1) is 46.9 Å². The molecule has 1 saturated carbocycles. The number of piperazine rings is 1. The minimum Gasteiger partial charge on any atom is -0.494 e. The Bertz CT molecular complexity index is 1660. The number of amides is 1. The predicted octanol–water partition coefficient (Wildman–Crippen LogP) is 6.54. The summed E-state index contributed by atoms with van der Waals surface area (Å²) in [6.45, 7) is 11.9. The van der Waals surface area contributed by atoms with E-state index in [-0.39, 0.29) is 11.9 Å². The minimum atomic E-state index is -0.280. The molecule has 2 N–H and O–H groups in total. The number of methoxy groups -OCH3 is 1. The standard InChI is InChI=1S/C36H44Cl2N8O3/c1-3-35(47)42-28-19-29(41-33-21-34(40-23-39-33)46-30(11-18-49-46)26-5-4-6-27(37)36(26)38)32(48-2)20-31(28)45-12-9-25(10-13-45)44-16-14-43(15-17-44)22-24-7-8-24/h3-6,19-21,23-25,30H,1,7-18,22H2,2H3,(H,42,47)(H,39,40,41). The van der Waals surface area contributed by atoms with E-state index in [9.17, 15) is 4.79 Å². The maximum atomic E-state index is 12.6. The Hall–Kier alpha value is -3.61. The number of carbonyl (C=O) groups is 1. The van der Waals surface area contributed by atoms with Gasteiger partial charge in [0.25, 0.3) is 0 Å². The first-order chi connectivity index (χ1) is 23.9. The van der Waals surface area contributed by atoms with Crippen LogP contribution < -0.4 is 25.3 Å². The molecule has 260 valence electrons. The molecule has 1 aromatic heterocycles. The lowest BCUT2D eigenvalue weighted by Crippen LogP contribution is -2.53. The molecule has 1 amide bonds. The Morgan fingerprint density at radius 3 is 2.55 bits per heavy atom. The molecule has 2 aromatic carbocycles. The van der Waals surface area contributed by atoms with Crippen LogP contribution in [-0.2, 0) is 9.63 Å². The number of ether oxygens (including phenoxy) is 1. The normalized spacial score (nSPS) is 20.8. The molecule has 4 fully saturated rings. The van der Waals surface area contributed by atoms with Crippen molar-refractivity contribution in [3.8, 4) is 5.75 Å². The number of anilines is 5. The summed E-state index contributed by atoms with van der Waals surface area (Å²) in [4.78, 5) is 35.3. The zero-order valence-electron chi connectivity index (χ0n) is 27.9. The number of hydrogen-bond donors (Lipinski definition) is 2. The third kappa shape index (κ3) is 7.76. The highest BCUT2D eigenvalue weighted by Gasteiger charge is 2.33. The van der Waals surface area contributed by atoms with Gasteiger partial charge >= 0.3 is 0 Å². The van der Waals surface area contributed by atoms with Crippen molar-refractivity contribution in [1.29, 1.82) is 0 Å². The van der Waals surface area contributed by atoms with Gasteiger partial charge in [0, 0.05) is 70.4 Å². The van der Waals surface area contributed by atoms with Gasteiger partial charge in [-0.3, -0.25) is 14.5 Å². The molecule has 13 heteroatoms. The van der Waals surface area contributed by atoms with E-state index in [1.165, 1.54) is 44.9 Å². The van der Waals surface area contributed by atoms with E-state index in [4.69, 9.17) is 32.8 Å². The summed E-state index contributed by atoms with van der Waals surface area (Å²) in [6.07, 6.45) is 8.45. The van der Waals surface area contributed by atoms with Crippen molar-refractivity contribution in [3.05, 3.63) is 71.0 Å². The van der Waals surface area contributed by atoms with Gasteiger partial charge < -0.3 is 25.2 Å². The number of nitrogens with one attached hydrogen (secondary N) is 2. The Kier molecular flexibility index (Phi) is 10.4. The van der Waals surface area contributed by atoms with Crippen LogP contribution in [0.15, 0.2) is 55.4 Å². The highest BCUT2D eigenvalue weighted by Crippen LogP contribution is 2.42. The van der Waals surface area contributed by atoms with Crippen LogP contribution in [0.25, 0.3) is 0 Å². The second-order valence-corrected chi connectivity index (χ2v) is 14.0. The van der Waals surface area contributed by atoms with Crippen LogP contribution in [0.1, 0.15) is 43.7 Å². The van der Waals surface area contributed by atoms with Gasteiger partial charge in [-0.1, -0.05) is 41.9 Å². The summed E-state index contributed by atoms with van der Waals surface area (Å²) in [7, 11) is 1.64. The van der Waals surface area contributed by atoms with Crippen molar-refractivity contribution < 1.29 is 14.4 Å². The van der Waals surface area contributed by atoms with Crippen LogP contribution in [0.5, 0.6) is 5.75 Å². The van der Waals surface area contributed by atoms with Crippen molar-refractivity contribution in [1.82, 2.24) is 19.8 Å². The molecule has 7 rings (SSSR count). The van der Waals surface area contributed by atoms with Crippen LogP contribution in [0, 0.1) is 5.92 Å². The monoisotopic (exact) mass is 706 g/mol. The molecular weight excluding hydrogens is 663 g/mol. The van der Waals surface area contributed by atoms with E-state index in [2.05, 4.69) is 41.9 Å². The van der Waals surface area contributed by atoms with Crippen LogP contribution in [0.3, 0.4) is 0 Å². The minimum absolute atomic E-state index is 0.162. The molecule has 1 unspecified atom stereocenters. The van der Waals surface area contributed by atoms with E-state index in [1.54, 1.807) is 18.2 Å². The summed E-state index contributed by atoms with van der Waals surface area (Å²) in [5, 5.41) is 9.16. The van der Waals surface area contributed by atoms with Gasteiger partial charge in [0.1, 0.15) is 17.9 Å². The summed E-state index contributed by atoms with van der Waals surface area (Å²) in [5.41, 5.74) is 3.11. The van der Waals surface area contributed by atoms with Gasteiger partial charge in [-0.05, 0) is 55.4 Å². The third-order valence-corrected chi connectivity index (χ3v) is 10.9. The molecule has 49 heavy (non-hydrogen) atoms. The van der Waals surface area contributed by atoms with Gasteiger partial charge in [0.2, 0.25) is 5.91 Å². The average Bonchev–Trinajstić information content (AvgIpc) is 3.81. The van der Waals surface area contributed by atoms with Gasteiger partial charge in [0.15, 0.2) is 5.82 Å². The second kappa shape index (κ2) is 15.1. The largest absolute Gasteiger partial charge is 0.494 e. The van der Waals surface area contributed by atoms with E-state index in [1.807, 2.05) is 30.3 Å². The Balaban J connectivity index is 1.07. The van der Waals surface area contributed by atoms with Crippen molar-refractivity contribution in [2.75, 3.05) is 80.1 Å². The molecule has 3 aliphatic heterocycles. The summed E-state index contributed by atoms with van der Waals surface area (Å²) < 4.78 is 5.88. The Labute approximate surface area is 298 Å². The summed E-state index contributed by atoms with van der Waals surface area (Å²) >= 11 is 12.9. The quantitative estimate of drug-likeness (QED) is 0.214. The number of piperidine rings is 1. The number of carbonyl (C=O) groups excluding carboxylic acids is 1. The van der Waals surface area contributed by atoms with Crippen molar-refractivity contribution >= 4 is 57.8 Å². The average molecular weight is 708 g/mol. The van der Waals surface area contributed by atoms with Crippen LogP contribution >= 0.6 is 23.2 Å². The number of nitrogens with zero attached hydrogens (tertiary/aromatic N) is 6. The lowest BCUT2D eigenvalue weighted by molar-refractivity contribution is -0.111. The Morgan fingerprint density at radius 2 is 1.82 bits per heavy atom. The van der Waals surface area contributed by atoms with Crippen LogP contribution in [0.2, 0.25) is 10.0 Å². The Morgan fingerprint density at radius 1 is 1.02 bits per heavy atom. The number of aromatic nitrogens is 2. The fraction of sp³-hybridized carbons (Fsp3) is 0.472. The molecule has 1 atom stereocenters. The first-order valence-corrected chi connectivity index (χ1v) is 18.0. The number of hydroxylamine groups is 1. The van der Waals surface area contributed by atoms with Crippen LogP contribution in [0.4, 0.5) is 28.7 Å². The molecule has 0 radical (unpaired) electrons. The summed E-state index contributed by atoms with van der Waals surface area (Å²) in [5.74, 6) is 2.39. The zero-order chi connectivity index (χ0) is 33.9. The van der Waals surface area contributed by atoms with Crippen molar-refractivity contribution in [2.24, 2.45) is 5.92 Å². The fourth-order valence-electron chi connectivity index (χ4n) is 7.26. The van der Waals surface area contributed by atoms with Gasteiger partial charge in [-0.25, -0.2) is 15.0 Å². The molecular formula is C36H44Cl2N8O3. The van der Waals surface area contributed by atoms with E-state index in [0.717, 1.165) is 62.6 Å². The fourth-order valence-corrected chi connectivity index (χ4v) is 7.69. The first-order valence-electron chi connectivity index (χ1n) is 17.2. The smallest absolute Gasteiger partial charge is 0.247 e. The maximum absolute atomic E-state index is 12.6. The molecule has 4 heterocycles. The maximum Gasteiger partial charge on any atom is 0.247 e. The lowest BCUT2D eigenvalue weighted by Gasteiger charge is -2.43. The lowest BCUT2D eigenvalue weighted by atomic mass is 10.0. The number of rotatable bonds is 11. The second-order valence-electron chi connectivity index (χ2n) is 13.3. The van der Waals surface area contributed by atoms with Gasteiger partial charge in [-0.2, -0.15) is 0 Å². The highest BCUT2D eigenvalue weighted by molar-refractivity contribution is 6.42. The molecule has 3 saturated heterocycles. The molecule has 0 spiro atoms. The van der Waals surface area contributed by atoms with Crippen molar-refractivity contribution in [2.45, 2.75) is 44.2 Å². The van der Waals surface area contributed by atoms with E-state index >= 15 is 0 Å². The topological polar surface area (TPSA) is 98.3 Å². The molecule has 3 aromatic rings. The summed E-state index contributed by atoms with van der Waals surface area (Å²) in [6, 6.07) is 11.7. The van der Waals surface area contributed by atoms with Crippen molar-refractivity contribution in [3.63, 3.8) is 0 Å². The molecule has 1 aliphatic carbocycles. The molecule has 0 bridgehead atoms. The van der Waals surface area contributed by atoms with E-state index in [0.29, 0.717) is 51.5 Å². The SMILES string of the molecule is C=CC(=O)Nc1cc(Nc2cc(N3OCCC3c3cccc(Cl)c3Cl)ncn2)c(OC)cc1N1CCC(N2CCN(CC3CC3)CC2)CC1. The first kappa shape index (κ1) is 33.9. The predicted molar refractivity (Wildman–Crippen MR) is 195 cm³/mol. The molecule has 4 aliphatic rings. The number of benzene rings is 2. The highest BCUT2D eigenvalue weighted by atomic mass is 35.5. The van der Waals surface area contributed by atoms with Crippen LogP contribution in [-0.4, -0.2) is 91.2 Å². The van der Waals surface area contributed by atoms with E-state index < -0.39 is 0 Å². The third-order valence-electron chi connectivity index (χ3n) is 10.1. The van der Waals surface area contributed by atoms with Gasteiger partial charge in [-0.15, -0.1) is 0 Å².